The number of carbonyl (C=O) groups is 1. The van der Waals surface area contributed by atoms with Crippen molar-refractivity contribution in [1.29, 1.82) is 0 Å². The van der Waals surface area contributed by atoms with Gasteiger partial charge < -0.3 is 5.11 Å². The molecule has 0 atom stereocenters. The van der Waals surface area contributed by atoms with Crippen LogP contribution in [-0.2, 0) is 17.8 Å². The lowest BCUT2D eigenvalue weighted by molar-refractivity contribution is -0.136. The molecule has 0 spiro atoms. The van der Waals surface area contributed by atoms with Crippen molar-refractivity contribution >= 4 is 5.97 Å². The number of carboxylic acids is 1. The summed E-state index contributed by atoms with van der Waals surface area (Å²) in [6.45, 7) is 0.318. The number of hydrogen-bond acceptors (Lipinski definition) is 3. The molecule has 88 valence electrons. The van der Waals surface area contributed by atoms with E-state index >= 15 is 0 Å². The summed E-state index contributed by atoms with van der Waals surface area (Å²) in [7, 11) is 0. The normalized spacial score (nSPS) is 10.4. The molecular weight excluding hydrogens is 222 g/mol. The van der Waals surface area contributed by atoms with Crippen molar-refractivity contribution in [3.8, 4) is 0 Å². The van der Waals surface area contributed by atoms with Crippen molar-refractivity contribution in [3.63, 3.8) is 0 Å². The molecule has 0 fully saturated rings. The summed E-state index contributed by atoms with van der Waals surface area (Å²) in [5.74, 6) is -0.892. The quantitative estimate of drug-likeness (QED) is 0.792. The number of aromatic amines is 1. The third kappa shape index (κ3) is 2.60. The minimum absolute atomic E-state index is 0.0528. The van der Waals surface area contributed by atoms with E-state index in [-0.39, 0.29) is 12.1 Å². The molecule has 0 bridgehead atoms. The molecule has 0 radical (unpaired) electrons. The largest absolute Gasteiger partial charge is 0.481 e. The second-order valence-corrected chi connectivity index (χ2v) is 3.63. The van der Waals surface area contributed by atoms with Crippen LogP contribution in [0.15, 0.2) is 35.4 Å². The maximum absolute atomic E-state index is 11.3. The number of H-pyrrole nitrogens is 1. The molecule has 0 saturated carbocycles. The number of aliphatic carboxylic acids is 1. The van der Waals surface area contributed by atoms with Crippen molar-refractivity contribution in [2.24, 2.45) is 0 Å². The highest BCUT2D eigenvalue weighted by molar-refractivity contribution is 5.70. The molecule has 0 saturated heterocycles. The topological polar surface area (TPSA) is 88.0 Å². The Morgan fingerprint density at radius 2 is 2.06 bits per heavy atom. The molecule has 0 amide bonds. The third-order valence-electron chi connectivity index (χ3n) is 2.42. The van der Waals surface area contributed by atoms with Crippen molar-refractivity contribution in [2.45, 2.75) is 13.0 Å². The van der Waals surface area contributed by atoms with Crippen LogP contribution in [0.25, 0.3) is 0 Å². The van der Waals surface area contributed by atoms with Gasteiger partial charge in [-0.25, -0.2) is 9.89 Å². The van der Waals surface area contributed by atoms with E-state index in [1.54, 1.807) is 18.2 Å². The monoisotopic (exact) mass is 233 g/mol. The van der Waals surface area contributed by atoms with Crippen LogP contribution in [-0.4, -0.2) is 25.8 Å². The Balaban J connectivity index is 2.29. The molecule has 6 heteroatoms. The van der Waals surface area contributed by atoms with E-state index in [4.69, 9.17) is 5.11 Å². The van der Waals surface area contributed by atoms with Gasteiger partial charge in [0.2, 0.25) is 0 Å². The fraction of sp³-hybridized carbons (Fsp3) is 0.182. The first-order valence-electron chi connectivity index (χ1n) is 5.05. The van der Waals surface area contributed by atoms with Crippen LogP contribution >= 0.6 is 0 Å². The Morgan fingerprint density at radius 1 is 1.35 bits per heavy atom. The summed E-state index contributed by atoms with van der Waals surface area (Å²) in [5, 5.41) is 14.7. The van der Waals surface area contributed by atoms with Gasteiger partial charge >= 0.3 is 11.7 Å². The van der Waals surface area contributed by atoms with Gasteiger partial charge in [0.15, 0.2) is 0 Å². The fourth-order valence-corrected chi connectivity index (χ4v) is 1.61. The van der Waals surface area contributed by atoms with Crippen LogP contribution in [0.5, 0.6) is 0 Å². The predicted molar refractivity (Wildman–Crippen MR) is 59.7 cm³/mol. The van der Waals surface area contributed by atoms with Crippen LogP contribution in [0, 0.1) is 0 Å². The van der Waals surface area contributed by atoms with Crippen LogP contribution < -0.4 is 5.69 Å². The van der Waals surface area contributed by atoms with Crippen molar-refractivity contribution in [2.75, 3.05) is 0 Å². The SMILES string of the molecule is O=C(O)Cc1ccccc1Cn1cn[nH]c1=O. The van der Waals surface area contributed by atoms with Gasteiger partial charge in [-0.2, -0.15) is 5.10 Å². The van der Waals surface area contributed by atoms with E-state index in [9.17, 15) is 9.59 Å². The molecule has 0 aliphatic carbocycles. The number of aromatic nitrogens is 3. The highest BCUT2D eigenvalue weighted by atomic mass is 16.4. The standard InChI is InChI=1S/C11H11N3O3/c15-10(16)5-8-3-1-2-4-9(8)6-14-7-12-13-11(14)17/h1-4,7H,5-6H2,(H,13,17)(H,15,16). The summed E-state index contributed by atoms with van der Waals surface area (Å²) in [6.07, 6.45) is 1.34. The third-order valence-corrected chi connectivity index (χ3v) is 2.42. The zero-order valence-electron chi connectivity index (χ0n) is 8.96. The lowest BCUT2D eigenvalue weighted by Gasteiger charge is -2.07. The first-order valence-corrected chi connectivity index (χ1v) is 5.05. The van der Waals surface area contributed by atoms with E-state index in [1.165, 1.54) is 10.9 Å². The van der Waals surface area contributed by atoms with Crippen LogP contribution in [0.1, 0.15) is 11.1 Å². The maximum Gasteiger partial charge on any atom is 0.343 e. The van der Waals surface area contributed by atoms with Gasteiger partial charge in [-0.15, -0.1) is 0 Å². The number of nitrogens with zero attached hydrogens (tertiary/aromatic N) is 2. The van der Waals surface area contributed by atoms with Crippen LogP contribution in [0.3, 0.4) is 0 Å². The lowest BCUT2D eigenvalue weighted by Crippen LogP contribution is -2.18. The number of rotatable bonds is 4. The molecular formula is C11H11N3O3. The number of benzene rings is 1. The molecule has 6 nitrogen and oxygen atoms in total. The van der Waals surface area contributed by atoms with E-state index in [0.29, 0.717) is 12.1 Å². The van der Waals surface area contributed by atoms with E-state index in [1.807, 2.05) is 6.07 Å². The number of hydrogen-bond donors (Lipinski definition) is 2. The Bertz CT molecular complexity index is 585. The van der Waals surface area contributed by atoms with Gasteiger partial charge in [0.25, 0.3) is 0 Å². The van der Waals surface area contributed by atoms with E-state index in [2.05, 4.69) is 10.2 Å². The Kier molecular flexibility index (Phi) is 3.04. The molecule has 2 aromatic rings. The summed E-state index contributed by atoms with van der Waals surface area (Å²) in [5.41, 5.74) is 1.20. The maximum atomic E-state index is 11.3. The Morgan fingerprint density at radius 3 is 2.65 bits per heavy atom. The molecule has 1 aromatic carbocycles. The molecule has 1 aromatic heterocycles. The molecule has 17 heavy (non-hydrogen) atoms. The second kappa shape index (κ2) is 4.65. The Hall–Kier alpha value is -2.37. The van der Waals surface area contributed by atoms with Crippen LogP contribution in [0.2, 0.25) is 0 Å². The highest BCUT2D eigenvalue weighted by Gasteiger charge is 2.07. The molecule has 2 N–H and O–H groups in total. The smallest absolute Gasteiger partial charge is 0.343 e. The fourth-order valence-electron chi connectivity index (χ4n) is 1.61. The van der Waals surface area contributed by atoms with Gasteiger partial charge in [-0.05, 0) is 11.1 Å². The van der Waals surface area contributed by atoms with E-state index < -0.39 is 5.97 Å². The Labute approximate surface area is 96.5 Å². The summed E-state index contributed by atoms with van der Waals surface area (Å²) >= 11 is 0. The lowest BCUT2D eigenvalue weighted by atomic mass is 10.0. The highest BCUT2D eigenvalue weighted by Crippen LogP contribution is 2.10. The van der Waals surface area contributed by atoms with Gasteiger partial charge in [-0.3, -0.25) is 9.36 Å². The summed E-state index contributed by atoms with van der Waals surface area (Å²) in [6, 6.07) is 7.14. The second-order valence-electron chi connectivity index (χ2n) is 3.63. The number of carboxylic acid groups (broad SMARTS) is 1. The van der Waals surface area contributed by atoms with Crippen molar-refractivity contribution < 1.29 is 9.90 Å². The molecule has 0 aliphatic heterocycles. The molecule has 0 aliphatic rings. The zero-order valence-corrected chi connectivity index (χ0v) is 8.96. The zero-order chi connectivity index (χ0) is 12.3. The first-order chi connectivity index (χ1) is 8.16. The molecule has 0 unspecified atom stereocenters. The summed E-state index contributed by atoms with van der Waals surface area (Å²) < 4.78 is 1.39. The van der Waals surface area contributed by atoms with Gasteiger partial charge in [0.05, 0.1) is 13.0 Å². The predicted octanol–water partition coefficient (Wildman–Crippen LogP) is 0.247. The average molecular weight is 233 g/mol. The van der Waals surface area contributed by atoms with Gasteiger partial charge in [0.1, 0.15) is 6.33 Å². The molecule has 1 heterocycles. The minimum atomic E-state index is -0.892. The van der Waals surface area contributed by atoms with E-state index in [0.717, 1.165) is 5.56 Å². The number of nitrogens with one attached hydrogen (secondary N) is 1. The first kappa shape index (κ1) is 11.1. The van der Waals surface area contributed by atoms with Gasteiger partial charge in [0, 0.05) is 0 Å². The van der Waals surface area contributed by atoms with Gasteiger partial charge in [-0.1, -0.05) is 24.3 Å². The van der Waals surface area contributed by atoms with Crippen LogP contribution in [0.4, 0.5) is 0 Å². The molecule has 2 rings (SSSR count). The van der Waals surface area contributed by atoms with Crippen molar-refractivity contribution in [3.05, 3.63) is 52.2 Å². The van der Waals surface area contributed by atoms with Crippen molar-refractivity contribution in [1.82, 2.24) is 14.8 Å². The summed E-state index contributed by atoms with van der Waals surface area (Å²) in [4.78, 5) is 22.0. The average Bonchev–Trinajstić information content (AvgIpc) is 2.67. The minimum Gasteiger partial charge on any atom is -0.481 e.